The molecule has 0 aliphatic rings. The highest BCUT2D eigenvalue weighted by Gasteiger charge is 2.06. The lowest BCUT2D eigenvalue weighted by atomic mass is 10.1. The van der Waals surface area contributed by atoms with E-state index in [-0.39, 0.29) is 12.5 Å². The van der Waals surface area contributed by atoms with Crippen LogP contribution < -0.4 is 10.0 Å². The highest BCUT2D eigenvalue weighted by atomic mass is 32.2. The molecule has 1 aromatic heterocycles. The third kappa shape index (κ3) is 4.87. The number of aromatic nitrogens is 1. The van der Waals surface area contributed by atoms with E-state index in [4.69, 9.17) is 0 Å². The standard InChI is InChI=1S/C14H19N3O3S/c1-21(19,20)17-9-8-15-14(18)7-6-11-10-16-13-5-3-2-4-12(11)13/h2-5,10,16-17H,6-9H2,1H3,(H,15,18). The van der Waals surface area contributed by atoms with Gasteiger partial charge in [-0.25, -0.2) is 13.1 Å². The molecule has 2 rings (SSSR count). The van der Waals surface area contributed by atoms with Gasteiger partial charge in [0, 0.05) is 36.6 Å². The van der Waals surface area contributed by atoms with E-state index in [1.165, 1.54) is 0 Å². The number of fused-ring (bicyclic) bond motifs is 1. The Balaban J connectivity index is 1.76. The van der Waals surface area contributed by atoms with Crippen LogP contribution >= 0.6 is 0 Å². The summed E-state index contributed by atoms with van der Waals surface area (Å²) in [7, 11) is -3.20. The Morgan fingerprint density at radius 3 is 2.76 bits per heavy atom. The lowest BCUT2D eigenvalue weighted by Gasteiger charge is -2.05. The van der Waals surface area contributed by atoms with E-state index in [9.17, 15) is 13.2 Å². The molecule has 0 atom stereocenters. The van der Waals surface area contributed by atoms with Crippen LogP contribution in [0.2, 0.25) is 0 Å². The Morgan fingerprint density at radius 2 is 2.00 bits per heavy atom. The number of aryl methyl sites for hydroxylation is 1. The summed E-state index contributed by atoms with van der Waals surface area (Å²) in [6.07, 6.45) is 4.03. The molecule has 6 nitrogen and oxygen atoms in total. The first-order valence-corrected chi connectivity index (χ1v) is 8.61. The third-order valence-corrected chi connectivity index (χ3v) is 3.84. The van der Waals surface area contributed by atoms with Gasteiger partial charge in [-0.3, -0.25) is 4.79 Å². The molecule has 0 saturated heterocycles. The number of hydrogen-bond acceptors (Lipinski definition) is 3. The van der Waals surface area contributed by atoms with Crippen LogP contribution in [0, 0.1) is 0 Å². The molecule has 0 saturated carbocycles. The van der Waals surface area contributed by atoms with Gasteiger partial charge >= 0.3 is 0 Å². The molecular formula is C14H19N3O3S. The minimum atomic E-state index is -3.20. The van der Waals surface area contributed by atoms with E-state index < -0.39 is 10.0 Å². The van der Waals surface area contributed by atoms with Crippen molar-refractivity contribution in [3.05, 3.63) is 36.0 Å². The molecule has 0 fully saturated rings. The van der Waals surface area contributed by atoms with E-state index in [0.717, 1.165) is 22.7 Å². The van der Waals surface area contributed by atoms with E-state index in [1.54, 1.807) is 0 Å². The van der Waals surface area contributed by atoms with Crippen molar-refractivity contribution in [3.63, 3.8) is 0 Å². The summed E-state index contributed by atoms with van der Waals surface area (Å²) in [4.78, 5) is 14.9. The maximum atomic E-state index is 11.7. The van der Waals surface area contributed by atoms with Gasteiger partial charge in [-0.05, 0) is 18.1 Å². The van der Waals surface area contributed by atoms with Gasteiger partial charge in [0.15, 0.2) is 0 Å². The zero-order valence-electron chi connectivity index (χ0n) is 11.8. The number of H-pyrrole nitrogens is 1. The van der Waals surface area contributed by atoms with Crippen molar-refractivity contribution in [1.29, 1.82) is 0 Å². The summed E-state index contributed by atoms with van der Waals surface area (Å²) >= 11 is 0. The molecule has 21 heavy (non-hydrogen) atoms. The van der Waals surface area contributed by atoms with Crippen molar-refractivity contribution in [3.8, 4) is 0 Å². The van der Waals surface area contributed by atoms with Gasteiger partial charge in [-0.15, -0.1) is 0 Å². The molecule has 1 amide bonds. The number of benzene rings is 1. The smallest absolute Gasteiger partial charge is 0.220 e. The van der Waals surface area contributed by atoms with E-state index >= 15 is 0 Å². The second-order valence-electron chi connectivity index (χ2n) is 4.88. The van der Waals surface area contributed by atoms with Crippen molar-refractivity contribution in [2.75, 3.05) is 19.3 Å². The molecule has 0 bridgehead atoms. The maximum Gasteiger partial charge on any atom is 0.220 e. The quantitative estimate of drug-likeness (QED) is 0.660. The second kappa shape index (κ2) is 6.73. The van der Waals surface area contributed by atoms with Crippen LogP contribution in [0.4, 0.5) is 0 Å². The predicted octanol–water partition coefficient (Wildman–Crippen LogP) is 0.766. The number of aromatic amines is 1. The Hall–Kier alpha value is -1.86. The Labute approximate surface area is 124 Å². The van der Waals surface area contributed by atoms with Crippen LogP contribution in [-0.2, 0) is 21.2 Å². The first-order valence-electron chi connectivity index (χ1n) is 6.72. The van der Waals surface area contributed by atoms with Crippen LogP contribution in [-0.4, -0.2) is 38.7 Å². The van der Waals surface area contributed by atoms with E-state index in [0.29, 0.717) is 19.4 Å². The van der Waals surface area contributed by atoms with Crippen molar-refractivity contribution < 1.29 is 13.2 Å². The van der Waals surface area contributed by atoms with Crippen LogP contribution in [0.5, 0.6) is 0 Å². The lowest BCUT2D eigenvalue weighted by molar-refractivity contribution is -0.121. The summed E-state index contributed by atoms with van der Waals surface area (Å²) in [5.74, 6) is -0.0874. The van der Waals surface area contributed by atoms with Crippen molar-refractivity contribution in [2.45, 2.75) is 12.8 Å². The lowest BCUT2D eigenvalue weighted by Crippen LogP contribution is -2.34. The highest BCUT2D eigenvalue weighted by molar-refractivity contribution is 7.88. The molecule has 0 aliphatic carbocycles. The first kappa shape index (κ1) is 15.5. The SMILES string of the molecule is CS(=O)(=O)NCCNC(=O)CCc1c[nH]c2ccccc12. The van der Waals surface area contributed by atoms with Gasteiger partial charge in [0.1, 0.15) is 0 Å². The molecular weight excluding hydrogens is 290 g/mol. The summed E-state index contributed by atoms with van der Waals surface area (Å²) in [5, 5.41) is 3.82. The predicted molar refractivity (Wildman–Crippen MR) is 82.5 cm³/mol. The van der Waals surface area contributed by atoms with Gasteiger partial charge in [-0.2, -0.15) is 0 Å². The summed E-state index contributed by atoms with van der Waals surface area (Å²) in [5.41, 5.74) is 2.17. The van der Waals surface area contributed by atoms with Crippen LogP contribution in [0.3, 0.4) is 0 Å². The van der Waals surface area contributed by atoms with Gasteiger partial charge < -0.3 is 10.3 Å². The van der Waals surface area contributed by atoms with E-state index in [1.807, 2.05) is 30.5 Å². The van der Waals surface area contributed by atoms with Gasteiger partial charge in [0.25, 0.3) is 0 Å². The van der Waals surface area contributed by atoms with E-state index in [2.05, 4.69) is 15.0 Å². The summed E-state index contributed by atoms with van der Waals surface area (Å²) in [6, 6.07) is 7.95. The molecule has 114 valence electrons. The van der Waals surface area contributed by atoms with Gasteiger partial charge in [0.2, 0.25) is 15.9 Å². The number of rotatable bonds is 7. The number of sulfonamides is 1. The highest BCUT2D eigenvalue weighted by Crippen LogP contribution is 2.18. The molecule has 3 N–H and O–H groups in total. The van der Waals surface area contributed by atoms with Crippen molar-refractivity contribution in [2.24, 2.45) is 0 Å². The fourth-order valence-electron chi connectivity index (χ4n) is 2.11. The molecule has 0 aliphatic heterocycles. The number of nitrogens with one attached hydrogen (secondary N) is 3. The third-order valence-electron chi connectivity index (χ3n) is 3.11. The number of carbonyl (C=O) groups is 1. The molecule has 1 aromatic carbocycles. The zero-order valence-corrected chi connectivity index (χ0v) is 12.7. The Kier molecular flexibility index (Phi) is 4.98. The maximum absolute atomic E-state index is 11.7. The largest absolute Gasteiger partial charge is 0.361 e. The first-order chi connectivity index (χ1) is 9.96. The fraction of sp³-hybridized carbons (Fsp3) is 0.357. The second-order valence-corrected chi connectivity index (χ2v) is 6.71. The van der Waals surface area contributed by atoms with Crippen LogP contribution in [0.25, 0.3) is 10.9 Å². The monoisotopic (exact) mass is 309 g/mol. The van der Waals surface area contributed by atoms with Crippen LogP contribution in [0.15, 0.2) is 30.5 Å². The molecule has 0 radical (unpaired) electrons. The fourth-order valence-corrected chi connectivity index (χ4v) is 2.59. The van der Waals surface area contributed by atoms with Crippen molar-refractivity contribution in [1.82, 2.24) is 15.0 Å². The Bertz CT molecular complexity index is 722. The zero-order chi connectivity index (χ0) is 15.3. The average molecular weight is 309 g/mol. The molecule has 7 heteroatoms. The summed E-state index contributed by atoms with van der Waals surface area (Å²) in [6.45, 7) is 0.497. The summed E-state index contributed by atoms with van der Waals surface area (Å²) < 4.78 is 24.0. The Morgan fingerprint density at radius 1 is 1.24 bits per heavy atom. The normalized spacial score (nSPS) is 11.7. The number of carbonyl (C=O) groups excluding carboxylic acids is 1. The average Bonchev–Trinajstić information content (AvgIpc) is 2.84. The minimum Gasteiger partial charge on any atom is -0.361 e. The van der Waals surface area contributed by atoms with Gasteiger partial charge in [-0.1, -0.05) is 18.2 Å². The number of amides is 1. The van der Waals surface area contributed by atoms with Crippen LogP contribution in [0.1, 0.15) is 12.0 Å². The molecule has 0 spiro atoms. The molecule has 2 aromatic rings. The number of para-hydroxylation sites is 1. The molecule has 1 heterocycles. The topological polar surface area (TPSA) is 91.1 Å². The minimum absolute atomic E-state index is 0.0874. The van der Waals surface area contributed by atoms with Crippen molar-refractivity contribution >= 4 is 26.8 Å². The van der Waals surface area contributed by atoms with Gasteiger partial charge in [0.05, 0.1) is 6.26 Å². The molecule has 0 unspecified atom stereocenters. The number of hydrogen-bond donors (Lipinski definition) is 3.